The van der Waals surface area contributed by atoms with Crippen molar-refractivity contribution < 1.29 is 30.5 Å². The number of hydrogen-bond acceptors (Lipinski definition) is 5. The summed E-state index contributed by atoms with van der Waals surface area (Å²) < 4.78 is 12.3. The monoisotopic (exact) mass is 761 g/mol. The second kappa shape index (κ2) is 12.5. The first-order chi connectivity index (χ1) is 20.5. The summed E-state index contributed by atoms with van der Waals surface area (Å²) in [6, 6.07) is 39.3. The number of nitrogens with zero attached hydrogens (tertiary/aromatic N) is 3. The molecular formula is C38H36N3O2Pt-3. The Bertz CT molecular complexity index is 1740. The molecule has 1 aliphatic heterocycles. The largest absolute Gasteiger partial charge is 0.509 e. The second-order valence-corrected chi connectivity index (χ2v) is 12.8. The van der Waals surface area contributed by atoms with Crippen molar-refractivity contribution in [3.8, 4) is 23.1 Å². The summed E-state index contributed by atoms with van der Waals surface area (Å²) in [6.07, 6.45) is 1.69. The molecular weight excluding hydrogens is 726 g/mol. The molecule has 5 aromatic rings. The van der Waals surface area contributed by atoms with Crippen molar-refractivity contribution in [3.05, 3.63) is 133 Å². The van der Waals surface area contributed by atoms with Crippen LogP contribution in [0.3, 0.4) is 0 Å². The number of rotatable bonds is 6. The van der Waals surface area contributed by atoms with Crippen LogP contribution < -0.4 is 19.3 Å². The van der Waals surface area contributed by atoms with Gasteiger partial charge in [-0.05, 0) is 46.7 Å². The normalized spacial score (nSPS) is 12.9. The quantitative estimate of drug-likeness (QED) is 0.161. The van der Waals surface area contributed by atoms with Crippen molar-refractivity contribution in [1.82, 2.24) is 4.98 Å². The van der Waals surface area contributed by atoms with E-state index >= 15 is 0 Å². The van der Waals surface area contributed by atoms with Gasteiger partial charge in [-0.15, -0.1) is 48.3 Å². The zero-order chi connectivity index (χ0) is 30.2. The van der Waals surface area contributed by atoms with E-state index in [2.05, 4.69) is 136 Å². The van der Waals surface area contributed by atoms with Gasteiger partial charge in [-0.1, -0.05) is 77.9 Å². The van der Waals surface area contributed by atoms with Gasteiger partial charge in [0.05, 0.1) is 0 Å². The summed E-state index contributed by atoms with van der Waals surface area (Å²) in [5.74, 6) is 2.17. The maximum atomic E-state index is 6.38. The molecule has 0 spiro atoms. The van der Waals surface area contributed by atoms with Crippen LogP contribution in [-0.2, 0) is 31.9 Å². The third kappa shape index (κ3) is 6.84. The van der Waals surface area contributed by atoms with Crippen LogP contribution in [0.25, 0.3) is 0 Å². The van der Waals surface area contributed by atoms with Crippen LogP contribution in [0.4, 0.5) is 22.7 Å². The van der Waals surface area contributed by atoms with Crippen LogP contribution in [0.15, 0.2) is 103 Å². The first-order valence-corrected chi connectivity index (χ1v) is 14.5. The molecule has 6 rings (SSSR count). The van der Waals surface area contributed by atoms with E-state index in [9.17, 15) is 0 Å². The smallest absolute Gasteiger partial charge is 0.216 e. The summed E-state index contributed by atoms with van der Waals surface area (Å²) in [6.45, 7) is 15.5. The molecule has 0 atom stereocenters. The fourth-order valence-electron chi connectivity index (χ4n) is 4.96. The van der Waals surface area contributed by atoms with Gasteiger partial charge in [-0.25, -0.2) is 4.98 Å². The summed E-state index contributed by atoms with van der Waals surface area (Å²) in [4.78, 5) is 8.67. The number of pyridine rings is 1. The average Bonchev–Trinajstić information content (AvgIpc) is 3.37. The Labute approximate surface area is 275 Å². The molecule has 44 heavy (non-hydrogen) atoms. The summed E-state index contributed by atoms with van der Waals surface area (Å²) in [5.41, 5.74) is 6.55. The average molecular weight is 762 g/mol. The Morgan fingerprint density at radius 2 is 1.27 bits per heavy atom. The second-order valence-electron chi connectivity index (χ2n) is 12.8. The molecule has 6 heteroatoms. The van der Waals surface area contributed by atoms with E-state index in [4.69, 9.17) is 9.47 Å². The predicted octanol–water partition coefficient (Wildman–Crippen LogP) is 10.3. The molecule has 228 valence electrons. The van der Waals surface area contributed by atoms with Crippen molar-refractivity contribution in [1.29, 1.82) is 0 Å². The number of aromatic nitrogens is 1. The molecule has 0 radical (unpaired) electrons. The van der Waals surface area contributed by atoms with Gasteiger partial charge in [0, 0.05) is 67.6 Å². The Morgan fingerprint density at radius 1 is 0.614 bits per heavy atom. The molecule has 5 nitrogen and oxygen atoms in total. The number of ether oxygens (including phenoxy) is 2. The zero-order valence-electron chi connectivity index (χ0n) is 25.9. The first kappa shape index (κ1) is 31.3. The number of anilines is 4. The minimum Gasteiger partial charge on any atom is -0.509 e. The maximum absolute atomic E-state index is 6.38. The summed E-state index contributed by atoms with van der Waals surface area (Å²) in [7, 11) is 0. The minimum absolute atomic E-state index is 0. The standard InChI is InChI=1S/C38H36N3O2.Pt/c1-37(2,3)27-13-11-14-29(21-27)40-26-41(35-18-8-7-17-34(35)40)30-22-28(38(4,5)6)23-33(24-30)42-31-15-12-16-32(25-31)43-36-19-9-10-20-39-36;/h7-23,26H,1-6H3;/q-3;. The van der Waals surface area contributed by atoms with Crippen LogP contribution in [0.1, 0.15) is 52.7 Å². The SMILES string of the molecule is CC(C)(C)c1cc(Oc2[c-]c(Oc3ccccn3)ccc2)[c-]c(N2[CH-]N(c3cccc(C(C)(C)C)c3)c3ccccc32)c1.[Pt]. The fraction of sp³-hybridized carbons (Fsp3) is 0.211. The van der Waals surface area contributed by atoms with Gasteiger partial charge in [0.1, 0.15) is 0 Å². The van der Waals surface area contributed by atoms with Crippen LogP contribution in [0.5, 0.6) is 23.1 Å². The molecule has 2 heterocycles. The third-order valence-corrected chi connectivity index (χ3v) is 7.39. The molecule has 1 aliphatic rings. The van der Waals surface area contributed by atoms with Crippen LogP contribution in [-0.4, -0.2) is 4.98 Å². The van der Waals surface area contributed by atoms with E-state index in [1.807, 2.05) is 30.3 Å². The van der Waals surface area contributed by atoms with Crippen LogP contribution in [0.2, 0.25) is 0 Å². The van der Waals surface area contributed by atoms with Gasteiger partial charge < -0.3 is 19.3 Å². The van der Waals surface area contributed by atoms with E-state index in [-0.39, 0.29) is 31.9 Å². The van der Waals surface area contributed by atoms with Gasteiger partial charge in [-0.3, -0.25) is 0 Å². The Kier molecular flexibility index (Phi) is 8.90. The molecule has 0 saturated heterocycles. The van der Waals surface area contributed by atoms with E-state index in [0.29, 0.717) is 23.1 Å². The summed E-state index contributed by atoms with van der Waals surface area (Å²) in [5, 5.41) is 0. The van der Waals surface area contributed by atoms with Crippen molar-refractivity contribution in [2.75, 3.05) is 9.80 Å². The first-order valence-electron chi connectivity index (χ1n) is 14.5. The third-order valence-electron chi connectivity index (χ3n) is 7.39. The van der Waals surface area contributed by atoms with Gasteiger partial charge in [0.25, 0.3) is 0 Å². The molecule has 0 bridgehead atoms. The van der Waals surface area contributed by atoms with E-state index in [1.54, 1.807) is 12.3 Å². The van der Waals surface area contributed by atoms with Crippen molar-refractivity contribution in [3.63, 3.8) is 0 Å². The number of para-hydroxylation sites is 2. The summed E-state index contributed by atoms with van der Waals surface area (Å²) >= 11 is 0. The van der Waals surface area contributed by atoms with Gasteiger partial charge in [0.15, 0.2) is 0 Å². The van der Waals surface area contributed by atoms with Gasteiger partial charge in [-0.2, -0.15) is 6.07 Å². The Balaban J connectivity index is 0.00000384. The Hall–Kier alpha value is -4.08. The van der Waals surface area contributed by atoms with Crippen LogP contribution in [0, 0.1) is 18.8 Å². The molecule has 0 amide bonds. The van der Waals surface area contributed by atoms with Crippen molar-refractivity contribution in [2.24, 2.45) is 0 Å². The predicted molar refractivity (Wildman–Crippen MR) is 174 cm³/mol. The topological polar surface area (TPSA) is 37.8 Å². The van der Waals surface area contributed by atoms with Crippen LogP contribution >= 0.6 is 0 Å². The molecule has 0 saturated carbocycles. The van der Waals surface area contributed by atoms with Crippen molar-refractivity contribution >= 4 is 22.7 Å². The molecule has 0 N–H and O–H groups in total. The number of fused-ring (bicyclic) bond motifs is 1. The van der Waals surface area contributed by atoms with E-state index in [0.717, 1.165) is 28.3 Å². The van der Waals surface area contributed by atoms with Gasteiger partial charge in [0.2, 0.25) is 5.88 Å². The zero-order valence-corrected chi connectivity index (χ0v) is 28.1. The molecule has 4 aromatic carbocycles. The van der Waals surface area contributed by atoms with E-state index in [1.165, 1.54) is 5.56 Å². The molecule has 0 aliphatic carbocycles. The van der Waals surface area contributed by atoms with E-state index < -0.39 is 0 Å². The molecule has 1 aromatic heterocycles. The minimum atomic E-state index is -0.115. The maximum Gasteiger partial charge on any atom is 0.216 e. The number of hydrogen-bond donors (Lipinski definition) is 0. The van der Waals surface area contributed by atoms with Crippen molar-refractivity contribution in [2.45, 2.75) is 52.4 Å². The fourth-order valence-corrected chi connectivity index (χ4v) is 4.96. The molecule has 0 fully saturated rings. The molecule has 0 unspecified atom stereocenters. The van der Waals surface area contributed by atoms with Gasteiger partial charge >= 0.3 is 0 Å². The number of benzene rings is 4. The Morgan fingerprint density at radius 3 is 1.95 bits per heavy atom.